The second-order valence-corrected chi connectivity index (χ2v) is 6.92. The van der Waals surface area contributed by atoms with Crippen molar-refractivity contribution >= 4 is 40.1 Å². The molecule has 3 rings (SSSR count). The molecule has 0 bridgehead atoms. The van der Waals surface area contributed by atoms with Crippen LogP contribution in [0.25, 0.3) is 10.9 Å². The van der Waals surface area contributed by atoms with Gasteiger partial charge >= 0.3 is 5.97 Å². The fourth-order valence-electron chi connectivity index (χ4n) is 3.01. The Balaban J connectivity index is 2.02. The monoisotopic (exact) mass is 401 g/mol. The number of nitro groups is 1. The van der Waals surface area contributed by atoms with Gasteiger partial charge in [0.1, 0.15) is 5.69 Å². The smallest absolute Gasteiger partial charge is 0.333 e. The normalized spacial score (nSPS) is 13.1. The van der Waals surface area contributed by atoms with Crippen LogP contribution in [0.2, 0.25) is 5.02 Å². The molecule has 1 heterocycles. The summed E-state index contributed by atoms with van der Waals surface area (Å²) < 4.78 is 1.62. The molecule has 2 N–H and O–H groups in total. The van der Waals surface area contributed by atoms with Crippen LogP contribution in [0, 0.1) is 10.1 Å². The number of carboxylic acid groups (broad SMARTS) is 1. The molecule has 2 aromatic carbocycles. The highest BCUT2D eigenvalue weighted by molar-refractivity contribution is 6.31. The van der Waals surface area contributed by atoms with Gasteiger partial charge in [0.2, 0.25) is 0 Å². The van der Waals surface area contributed by atoms with E-state index in [0.717, 1.165) is 17.0 Å². The first kappa shape index (κ1) is 19.4. The van der Waals surface area contributed by atoms with Crippen LogP contribution in [0.15, 0.2) is 48.5 Å². The summed E-state index contributed by atoms with van der Waals surface area (Å²) in [7, 11) is 1.68. The SMILES string of the molecule is Cn1c(C(=O)NC(C)(C(=O)O)c2cccc([N+](=O)[O-])c2)cc2cc(Cl)ccc21. The number of amides is 1. The van der Waals surface area contributed by atoms with E-state index in [1.807, 2.05) is 0 Å². The zero-order chi connectivity index (χ0) is 20.6. The van der Waals surface area contributed by atoms with Crippen molar-refractivity contribution in [2.75, 3.05) is 0 Å². The minimum absolute atomic E-state index is 0.0874. The van der Waals surface area contributed by atoms with E-state index in [9.17, 15) is 24.8 Å². The number of rotatable bonds is 5. The summed E-state index contributed by atoms with van der Waals surface area (Å²) >= 11 is 5.99. The number of aryl methyl sites for hydroxylation is 1. The van der Waals surface area contributed by atoms with E-state index in [-0.39, 0.29) is 16.9 Å². The van der Waals surface area contributed by atoms with Crippen molar-refractivity contribution in [3.63, 3.8) is 0 Å². The summed E-state index contributed by atoms with van der Waals surface area (Å²) in [5.74, 6) is -1.98. The van der Waals surface area contributed by atoms with Gasteiger partial charge in [-0.15, -0.1) is 0 Å². The minimum Gasteiger partial charge on any atom is -0.479 e. The predicted octanol–water partition coefficient (Wildman–Crippen LogP) is 3.47. The second-order valence-electron chi connectivity index (χ2n) is 6.48. The molecule has 0 saturated heterocycles. The van der Waals surface area contributed by atoms with Crippen LogP contribution in [-0.4, -0.2) is 26.5 Å². The number of carboxylic acids is 1. The molecular weight excluding hydrogens is 386 g/mol. The van der Waals surface area contributed by atoms with Gasteiger partial charge in [-0.25, -0.2) is 4.79 Å². The van der Waals surface area contributed by atoms with Crippen LogP contribution < -0.4 is 5.32 Å². The number of aromatic nitrogens is 1. The molecule has 0 saturated carbocycles. The lowest BCUT2D eigenvalue weighted by molar-refractivity contribution is -0.385. The lowest BCUT2D eigenvalue weighted by Crippen LogP contribution is -2.50. The molecule has 144 valence electrons. The summed E-state index contributed by atoms with van der Waals surface area (Å²) in [6.45, 7) is 1.28. The molecule has 28 heavy (non-hydrogen) atoms. The summed E-state index contributed by atoms with van der Waals surface area (Å²) in [5.41, 5.74) is -1.06. The van der Waals surface area contributed by atoms with Crippen LogP contribution in [-0.2, 0) is 17.4 Å². The Hall–Kier alpha value is -3.39. The molecule has 9 heteroatoms. The van der Waals surface area contributed by atoms with E-state index in [1.54, 1.807) is 35.9 Å². The Bertz CT molecular complexity index is 1120. The highest BCUT2D eigenvalue weighted by Crippen LogP contribution is 2.27. The molecule has 1 amide bonds. The van der Waals surface area contributed by atoms with Gasteiger partial charge in [-0.3, -0.25) is 14.9 Å². The van der Waals surface area contributed by atoms with E-state index in [4.69, 9.17) is 11.6 Å². The first-order valence-electron chi connectivity index (χ1n) is 8.19. The van der Waals surface area contributed by atoms with Crippen LogP contribution in [0.4, 0.5) is 5.69 Å². The molecule has 8 nitrogen and oxygen atoms in total. The highest BCUT2D eigenvalue weighted by Gasteiger charge is 2.38. The van der Waals surface area contributed by atoms with Gasteiger partial charge in [0, 0.05) is 35.1 Å². The molecule has 0 aliphatic heterocycles. The third-order valence-corrected chi connectivity index (χ3v) is 4.90. The number of halogens is 1. The predicted molar refractivity (Wildman–Crippen MR) is 103 cm³/mol. The largest absolute Gasteiger partial charge is 0.479 e. The number of aliphatic carboxylic acids is 1. The van der Waals surface area contributed by atoms with E-state index in [0.29, 0.717) is 5.02 Å². The van der Waals surface area contributed by atoms with E-state index in [1.165, 1.54) is 25.1 Å². The van der Waals surface area contributed by atoms with Crippen LogP contribution in [0.3, 0.4) is 0 Å². The first-order valence-corrected chi connectivity index (χ1v) is 8.57. The zero-order valence-electron chi connectivity index (χ0n) is 15.0. The molecule has 1 unspecified atom stereocenters. The van der Waals surface area contributed by atoms with E-state index >= 15 is 0 Å². The van der Waals surface area contributed by atoms with Crippen LogP contribution in [0.1, 0.15) is 23.0 Å². The van der Waals surface area contributed by atoms with Gasteiger partial charge in [-0.2, -0.15) is 0 Å². The summed E-state index contributed by atoms with van der Waals surface area (Å²) in [4.78, 5) is 35.2. The Kier molecular flexibility index (Phi) is 4.82. The molecule has 0 fully saturated rings. The number of nitrogens with one attached hydrogen (secondary N) is 1. The zero-order valence-corrected chi connectivity index (χ0v) is 15.7. The minimum atomic E-state index is -1.86. The second kappa shape index (κ2) is 6.97. The molecular formula is C19H16ClN3O5. The first-order chi connectivity index (χ1) is 13.1. The fourth-order valence-corrected chi connectivity index (χ4v) is 3.19. The number of hydrogen-bond acceptors (Lipinski definition) is 4. The van der Waals surface area contributed by atoms with Gasteiger partial charge in [0.15, 0.2) is 5.54 Å². The summed E-state index contributed by atoms with van der Waals surface area (Å²) in [6.07, 6.45) is 0. The lowest BCUT2D eigenvalue weighted by Gasteiger charge is -2.26. The number of nitrogens with zero attached hydrogens (tertiary/aromatic N) is 2. The summed E-state index contributed by atoms with van der Waals surface area (Å²) in [5, 5.41) is 24.5. The van der Waals surface area contributed by atoms with Crippen molar-refractivity contribution in [2.24, 2.45) is 7.05 Å². The Morgan fingerprint density at radius 1 is 1.21 bits per heavy atom. The van der Waals surface area contributed by atoms with Crippen molar-refractivity contribution in [3.05, 3.63) is 74.9 Å². The van der Waals surface area contributed by atoms with Gasteiger partial charge in [-0.05, 0) is 36.8 Å². The molecule has 1 atom stereocenters. The maximum absolute atomic E-state index is 12.9. The Morgan fingerprint density at radius 2 is 1.93 bits per heavy atom. The van der Waals surface area contributed by atoms with Gasteiger partial charge in [0.25, 0.3) is 11.6 Å². The Labute approximate surface area is 164 Å². The molecule has 0 spiro atoms. The van der Waals surface area contributed by atoms with Gasteiger partial charge in [0.05, 0.1) is 4.92 Å². The molecule has 0 aliphatic rings. The number of carbonyl (C=O) groups excluding carboxylic acids is 1. The van der Waals surface area contributed by atoms with E-state index in [2.05, 4.69) is 5.32 Å². The molecule has 0 aliphatic carbocycles. The molecule has 3 aromatic rings. The Morgan fingerprint density at radius 3 is 2.57 bits per heavy atom. The number of fused-ring (bicyclic) bond motifs is 1. The molecule has 0 radical (unpaired) electrons. The molecule has 1 aromatic heterocycles. The third kappa shape index (κ3) is 3.29. The van der Waals surface area contributed by atoms with Crippen molar-refractivity contribution in [1.82, 2.24) is 9.88 Å². The third-order valence-electron chi connectivity index (χ3n) is 4.66. The summed E-state index contributed by atoms with van der Waals surface area (Å²) in [6, 6.07) is 11.9. The number of hydrogen-bond donors (Lipinski definition) is 2. The standard InChI is InChI=1S/C19H16ClN3O5/c1-19(18(25)26,12-4-3-5-14(10-12)23(27)28)21-17(24)16-9-11-8-13(20)6-7-15(11)22(16)2/h3-10H,1-2H3,(H,21,24)(H,25,26). The van der Waals surface area contributed by atoms with Gasteiger partial charge in [-0.1, -0.05) is 23.7 Å². The topological polar surface area (TPSA) is 114 Å². The number of non-ortho nitro benzene ring substituents is 1. The quantitative estimate of drug-likeness (QED) is 0.501. The fraction of sp³-hybridized carbons (Fsp3) is 0.158. The van der Waals surface area contributed by atoms with Crippen molar-refractivity contribution < 1.29 is 19.6 Å². The number of carbonyl (C=O) groups is 2. The highest BCUT2D eigenvalue weighted by atomic mass is 35.5. The number of benzene rings is 2. The van der Waals surface area contributed by atoms with Gasteiger partial charge < -0.3 is 15.0 Å². The van der Waals surface area contributed by atoms with Crippen LogP contribution in [0.5, 0.6) is 0 Å². The average Bonchev–Trinajstić information content (AvgIpc) is 2.97. The van der Waals surface area contributed by atoms with Crippen molar-refractivity contribution in [1.29, 1.82) is 0 Å². The lowest BCUT2D eigenvalue weighted by atomic mass is 9.91. The maximum atomic E-state index is 12.9. The van der Waals surface area contributed by atoms with Crippen molar-refractivity contribution in [3.8, 4) is 0 Å². The average molecular weight is 402 g/mol. The number of nitro benzene ring substituents is 1. The van der Waals surface area contributed by atoms with Crippen molar-refractivity contribution in [2.45, 2.75) is 12.5 Å². The van der Waals surface area contributed by atoms with Crippen LogP contribution >= 0.6 is 11.6 Å². The van der Waals surface area contributed by atoms with E-state index < -0.39 is 22.3 Å². The maximum Gasteiger partial charge on any atom is 0.333 e.